The van der Waals surface area contributed by atoms with Crippen LogP contribution in [0, 0.1) is 0 Å². The number of nitrogens with zero attached hydrogens (tertiary/aromatic N) is 2. The summed E-state index contributed by atoms with van der Waals surface area (Å²) in [6, 6.07) is 9.25. The molecule has 0 aliphatic carbocycles. The first kappa shape index (κ1) is 14.4. The van der Waals surface area contributed by atoms with Crippen molar-refractivity contribution in [3.8, 4) is 0 Å². The standard InChI is InChI=1S/C15H13F3N4/c1-9(10-5-3-2-4-6-10)22-14-12-11(15(16,17)18)7-19-13(12)20-8-21-14/h2-9H,1H3,(H2,19,20,21,22)/t9-/m1/s1. The summed E-state index contributed by atoms with van der Waals surface area (Å²) in [5.74, 6) is 0.162. The molecule has 0 saturated heterocycles. The van der Waals surface area contributed by atoms with Gasteiger partial charge in [-0.2, -0.15) is 13.2 Å². The molecule has 3 rings (SSSR count). The van der Waals surface area contributed by atoms with Gasteiger partial charge in [-0.1, -0.05) is 30.3 Å². The Balaban J connectivity index is 2.02. The first-order valence-electron chi connectivity index (χ1n) is 6.67. The predicted octanol–water partition coefficient (Wildman–Crippen LogP) is 4.15. The number of halogens is 3. The Kier molecular flexibility index (Phi) is 3.48. The van der Waals surface area contributed by atoms with Crippen LogP contribution in [0.5, 0.6) is 0 Å². The Morgan fingerprint density at radius 1 is 1.14 bits per heavy atom. The van der Waals surface area contributed by atoms with Crippen LogP contribution in [0.15, 0.2) is 42.9 Å². The summed E-state index contributed by atoms with van der Waals surface area (Å²) in [6.07, 6.45) is -2.31. The van der Waals surface area contributed by atoms with Gasteiger partial charge in [0.15, 0.2) is 0 Å². The Labute approximate surface area is 124 Å². The predicted molar refractivity (Wildman–Crippen MR) is 77.4 cm³/mol. The third-order valence-electron chi connectivity index (χ3n) is 3.43. The first-order chi connectivity index (χ1) is 10.5. The minimum atomic E-state index is -4.46. The van der Waals surface area contributed by atoms with Crippen molar-refractivity contribution in [3.63, 3.8) is 0 Å². The average molecular weight is 306 g/mol. The van der Waals surface area contributed by atoms with Gasteiger partial charge in [0.1, 0.15) is 17.8 Å². The van der Waals surface area contributed by atoms with E-state index in [1.807, 2.05) is 37.3 Å². The van der Waals surface area contributed by atoms with Crippen LogP contribution in [0.3, 0.4) is 0 Å². The van der Waals surface area contributed by atoms with Crippen molar-refractivity contribution >= 4 is 16.9 Å². The van der Waals surface area contributed by atoms with Gasteiger partial charge in [-0.25, -0.2) is 9.97 Å². The van der Waals surface area contributed by atoms with E-state index in [0.29, 0.717) is 0 Å². The Hall–Kier alpha value is -2.57. The van der Waals surface area contributed by atoms with E-state index in [-0.39, 0.29) is 22.9 Å². The zero-order chi connectivity index (χ0) is 15.7. The second kappa shape index (κ2) is 5.32. The summed E-state index contributed by atoms with van der Waals surface area (Å²) in [7, 11) is 0. The van der Waals surface area contributed by atoms with Gasteiger partial charge in [-0.15, -0.1) is 0 Å². The van der Waals surface area contributed by atoms with Crippen LogP contribution >= 0.6 is 0 Å². The first-order valence-corrected chi connectivity index (χ1v) is 6.67. The molecule has 0 radical (unpaired) electrons. The smallest absolute Gasteiger partial charge is 0.363 e. The fraction of sp³-hybridized carbons (Fsp3) is 0.200. The van der Waals surface area contributed by atoms with Crippen LogP contribution in [0.1, 0.15) is 24.1 Å². The van der Waals surface area contributed by atoms with E-state index >= 15 is 0 Å². The van der Waals surface area contributed by atoms with Crippen LogP contribution in [0.4, 0.5) is 19.0 Å². The maximum atomic E-state index is 13.1. The molecular weight excluding hydrogens is 293 g/mol. The molecule has 4 nitrogen and oxygen atoms in total. The van der Waals surface area contributed by atoms with E-state index < -0.39 is 11.7 Å². The maximum absolute atomic E-state index is 13.1. The Morgan fingerprint density at radius 2 is 1.86 bits per heavy atom. The van der Waals surface area contributed by atoms with E-state index in [1.54, 1.807) is 0 Å². The zero-order valence-corrected chi connectivity index (χ0v) is 11.6. The number of alkyl halides is 3. The molecule has 2 aromatic heterocycles. The highest BCUT2D eigenvalue weighted by molar-refractivity contribution is 5.90. The number of anilines is 1. The summed E-state index contributed by atoms with van der Waals surface area (Å²) in [5, 5.41) is 2.98. The molecule has 0 saturated carbocycles. The molecule has 2 N–H and O–H groups in total. The van der Waals surface area contributed by atoms with Crippen LogP contribution in [0.2, 0.25) is 0 Å². The van der Waals surface area contributed by atoms with E-state index in [0.717, 1.165) is 11.8 Å². The molecule has 22 heavy (non-hydrogen) atoms. The summed E-state index contributed by atoms with van der Waals surface area (Å²) in [4.78, 5) is 10.4. The van der Waals surface area contributed by atoms with Gasteiger partial charge < -0.3 is 10.3 Å². The molecule has 3 aromatic rings. The van der Waals surface area contributed by atoms with Crippen LogP contribution < -0.4 is 5.32 Å². The van der Waals surface area contributed by atoms with Crippen molar-refractivity contribution < 1.29 is 13.2 Å². The number of hydrogen-bond acceptors (Lipinski definition) is 3. The fourth-order valence-corrected chi connectivity index (χ4v) is 2.33. The topological polar surface area (TPSA) is 53.6 Å². The molecule has 0 amide bonds. The lowest BCUT2D eigenvalue weighted by atomic mass is 10.1. The summed E-state index contributed by atoms with van der Waals surface area (Å²) < 4.78 is 39.3. The molecule has 2 heterocycles. The van der Waals surface area contributed by atoms with Crippen molar-refractivity contribution in [1.29, 1.82) is 0 Å². The third-order valence-corrected chi connectivity index (χ3v) is 3.43. The van der Waals surface area contributed by atoms with Crippen molar-refractivity contribution in [2.75, 3.05) is 5.32 Å². The Bertz CT molecular complexity index is 780. The summed E-state index contributed by atoms with van der Waals surface area (Å²) >= 11 is 0. The number of rotatable bonds is 3. The highest BCUT2D eigenvalue weighted by atomic mass is 19.4. The number of hydrogen-bond donors (Lipinski definition) is 2. The summed E-state index contributed by atoms with van der Waals surface area (Å²) in [6.45, 7) is 1.86. The molecule has 0 aliphatic rings. The molecule has 0 aliphatic heterocycles. The largest absolute Gasteiger partial charge is 0.418 e. The molecule has 1 aromatic carbocycles. The van der Waals surface area contributed by atoms with Crippen LogP contribution in [-0.2, 0) is 6.18 Å². The molecule has 0 bridgehead atoms. The van der Waals surface area contributed by atoms with Gasteiger partial charge in [-0.05, 0) is 12.5 Å². The van der Waals surface area contributed by atoms with Crippen molar-refractivity contribution in [1.82, 2.24) is 15.0 Å². The quantitative estimate of drug-likeness (QED) is 0.764. The molecular formula is C15H13F3N4. The van der Waals surface area contributed by atoms with Crippen molar-refractivity contribution in [3.05, 3.63) is 54.0 Å². The number of fused-ring (bicyclic) bond motifs is 1. The zero-order valence-electron chi connectivity index (χ0n) is 11.6. The Morgan fingerprint density at radius 3 is 2.55 bits per heavy atom. The summed E-state index contributed by atoms with van der Waals surface area (Å²) in [5.41, 5.74) is 0.342. The minimum Gasteiger partial charge on any atom is -0.363 e. The van der Waals surface area contributed by atoms with E-state index in [1.165, 1.54) is 6.33 Å². The van der Waals surface area contributed by atoms with E-state index in [4.69, 9.17) is 0 Å². The van der Waals surface area contributed by atoms with Gasteiger partial charge in [0, 0.05) is 12.2 Å². The van der Waals surface area contributed by atoms with Crippen molar-refractivity contribution in [2.24, 2.45) is 0 Å². The van der Waals surface area contributed by atoms with Gasteiger partial charge in [0.05, 0.1) is 10.9 Å². The second-order valence-electron chi connectivity index (χ2n) is 4.92. The van der Waals surface area contributed by atoms with Gasteiger partial charge >= 0.3 is 6.18 Å². The normalized spacial score (nSPS) is 13.3. The SMILES string of the molecule is C[C@@H](Nc1ncnc2[nH]cc(C(F)(F)F)c12)c1ccccc1. The lowest BCUT2D eigenvalue weighted by Crippen LogP contribution is -2.10. The van der Waals surface area contributed by atoms with Gasteiger partial charge in [0.2, 0.25) is 0 Å². The monoisotopic (exact) mass is 306 g/mol. The van der Waals surface area contributed by atoms with E-state index in [2.05, 4.69) is 20.3 Å². The molecule has 114 valence electrons. The van der Waals surface area contributed by atoms with Crippen LogP contribution in [-0.4, -0.2) is 15.0 Å². The van der Waals surface area contributed by atoms with E-state index in [9.17, 15) is 13.2 Å². The average Bonchev–Trinajstić information content (AvgIpc) is 2.93. The highest BCUT2D eigenvalue weighted by Crippen LogP contribution is 2.37. The number of benzene rings is 1. The van der Waals surface area contributed by atoms with Crippen molar-refractivity contribution in [2.45, 2.75) is 19.1 Å². The number of aromatic amines is 1. The number of aromatic nitrogens is 3. The molecule has 0 unspecified atom stereocenters. The van der Waals surface area contributed by atoms with Gasteiger partial charge in [0.25, 0.3) is 0 Å². The number of nitrogens with one attached hydrogen (secondary N) is 2. The highest BCUT2D eigenvalue weighted by Gasteiger charge is 2.35. The van der Waals surface area contributed by atoms with Gasteiger partial charge in [-0.3, -0.25) is 0 Å². The lowest BCUT2D eigenvalue weighted by Gasteiger charge is -2.16. The second-order valence-corrected chi connectivity index (χ2v) is 4.92. The lowest BCUT2D eigenvalue weighted by molar-refractivity contribution is -0.136. The molecule has 0 spiro atoms. The number of H-pyrrole nitrogens is 1. The van der Waals surface area contributed by atoms with Crippen LogP contribution in [0.25, 0.3) is 11.0 Å². The molecule has 7 heteroatoms. The minimum absolute atomic E-state index is 0.0437. The maximum Gasteiger partial charge on any atom is 0.418 e. The molecule has 1 atom stereocenters. The molecule has 0 fully saturated rings. The fourth-order valence-electron chi connectivity index (χ4n) is 2.33. The third kappa shape index (κ3) is 2.61.